The number of benzene rings is 2. The minimum absolute atomic E-state index is 0.116. The van der Waals surface area contributed by atoms with Crippen LogP contribution in [0.1, 0.15) is 33.1 Å². The molecule has 0 atom stereocenters. The van der Waals surface area contributed by atoms with Crippen LogP contribution in [-0.4, -0.2) is 50.3 Å². The van der Waals surface area contributed by atoms with Crippen LogP contribution in [0.15, 0.2) is 53.4 Å². The van der Waals surface area contributed by atoms with Crippen molar-refractivity contribution in [2.45, 2.75) is 44.0 Å². The van der Waals surface area contributed by atoms with Gasteiger partial charge in [-0.2, -0.15) is 4.31 Å². The van der Waals surface area contributed by atoms with Crippen molar-refractivity contribution in [2.75, 3.05) is 25.0 Å². The highest BCUT2D eigenvalue weighted by atomic mass is 32.2. The van der Waals surface area contributed by atoms with Crippen molar-refractivity contribution in [3.8, 4) is 11.5 Å². The Hall–Kier alpha value is -3.11. The van der Waals surface area contributed by atoms with Crippen LogP contribution in [0.4, 0.5) is 10.5 Å². The largest absolute Gasteiger partial charge is 0.455 e. The number of amides is 3. The van der Waals surface area contributed by atoms with Crippen LogP contribution in [0, 0.1) is 0 Å². The Morgan fingerprint density at radius 1 is 1.03 bits per heavy atom. The van der Waals surface area contributed by atoms with Crippen molar-refractivity contribution < 1.29 is 22.7 Å². The highest BCUT2D eigenvalue weighted by molar-refractivity contribution is 7.89. The first-order valence-electron chi connectivity index (χ1n) is 11.0. The molecule has 9 nitrogen and oxygen atoms in total. The van der Waals surface area contributed by atoms with E-state index in [-0.39, 0.29) is 17.5 Å². The quantitative estimate of drug-likeness (QED) is 0.541. The maximum absolute atomic E-state index is 13.1. The lowest BCUT2D eigenvalue weighted by atomic mass is 10.2. The smallest absolute Gasteiger partial charge is 0.321 e. The van der Waals surface area contributed by atoms with Crippen LogP contribution < -0.4 is 20.7 Å². The van der Waals surface area contributed by atoms with E-state index in [0.717, 1.165) is 19.3 Å². The molecule has 0 saturated carbocycles. The molecule has 0 unspecified atom stereocenters. The summed E-state index contributed by atoms with van der Waals surface area (Å²) in [5.41, 5.74) is 0.330. The van der Waals surface area contributed by atoms with Gasteiger partial charge in [0.15, 0.2) is 5.75 Å². The van der Waals surface area contributed by atoms with E-state index < -0.39 is 22.0 Å². The van der Waals surface area contributed by atoms with Crippen molar-refractivity contribution in [1.29, 1.82) is 0 Å². The van der Waals surface area contributed by atoms with Crippen molar-refractivity contribution in [3.05, 3.63) is 48.5 Å². The number of nitrogens with one attached hydrogen (secondary N) is 3. The summed E-state index contributed by atoms with van der Waals surface area (Å²) in [6.45, 7) is 4.29. The van der Waals surface area contributed by atoms with E-state index in [9.17, 15) is 18.0 Å². The number of anilines is 1. The van der Waals surface area contributed by atoms with Gasteiger partial charge in [0, 0.05) is 19.1 Å². The Labute approximate surface area is 194 Å². The van der Waals surface area contributed by atoms with Gasteiger partial charge >= 0.3 is 6.03 Å². The predicted octanol–water partition coefficient (Wildman–Crippen LogP) is 3.30. The minimum atomic E-state index is -3.67. The van der Waals surface area contributed by atoms with Gasteiger partial charge in [-0.15, -0.1) is 0 Å². The van der Waals surface area contributed by atoms with Gasteiger partial charge in [-0.3, -0.25) is 10.1 Å². The molecule has 0 radical (unpaired) electrons. The van der Waals surface area contributed by atoms with Gasteiger partial charge < -0.3 is 15.4 Å². The first-order chi connectivity index (χ1) is 15.8. The Balaban J connectivity index is 1.81. The Bertz CT molecular complexity index is 1070. The van der Waals surface area contributed by atoms with Crippen molar-refractivity contribution >= 4 is 27.6 Å². The molecule has 10 heteroatoms. The number of hydrogen-bond acceptors (Lipinski definition) is 6. The molecule has 1 aliphatic rings. The molecule has 1 aliphatic heterocycles. The topological polar surface area (TPSA) is 117 Å². The molecule has 0 aromatic heterocycles. The van der Waals surface area contributed by atoms with Gasteiger partial charge in [0.2, 0.25) is 15.9 Å². The normalized spacial score (nSPS) is 14.5. The van der Waals surface area contributed by atoms with Crippen LogP contribution in [-0.2, 0) is 14.8 Å². The average Bonchev–Trinajstić information content (AvgIpc) is 2.79. The number of carbonyl (C=O) groups excluding carboxylic acids is 2. The van der Waals surface area contributed by atoms with Crippen molar-refractivity contribution in [3.63, 3.8) is 0 Å². The van der Waals surface area contributed by atoms with Gasteiger partial charge in [0.1, 0.15) is 5.75 Å². The van der Waals surface area contributed by atoms with Gasteiger partial charge in [0.25, 0.3) is 0 Å². The maximum atomic E-state index is 13.1. The SMILES string of the molecule is CC(C)NC(=O)NC(=O)CNc1cc(S(=O)(=O)N2CCCCC2)ccc1Oc1ccccc1. The highest BCUT2D eigenvalue weighted by Crippen LogP contribution is 2.33. The van der Waals surface area contributed by atoms with Crippen molar-refractivity contribution in [2.24, 2.45) is 0 Å². The van der Waals surface area contributed by atoms with E-state index in [1.54, 1.807) is 32.0 Å². The van der Waals surface area contributed by atoms with E-state index in [4.69, 9.17) is 4.74 Å². The number of imide groups is 1. The van der Waals surface area contributed by atoms with E-state index in [0.29, 0.717) is 30.3 Å². The van der Waals surface area contributed by atoms with E-state index in [1.165, 1.54) is 16.4 Å². The van der Waals surface area contributed by atoms with Crippen LogP contribution in [0.3, 0.4) is 0 Å². The molecule has 0 bridgehead atoms. The molecule has 0 aliphatic carbocycles. The summed E-state index contributed by atoms with van der Waals surface area (Å²) < 4.78 is 33.6. The molecule has 1 fully saturated rings. The molecule has 2 aromatic carbocycles. The molecule has 33 heavy (non-hydrogen) atoms. The first-order valence-corrected chi connectivity index (χ1v) is 12.4. The second-order valence-electron chi connectivity index (χ2n) is 8.07. The molecule has 3 amide bonds. The molecule has 1 saturated heterocycles. The summed E-state index contributed by atoms with van der Waals surface area (Å²) in [6.07, 6.45) is 2.68. The van der Waals surface area contributed by atoms with E-state index in [2.05, 4.69) is 16.0 Å². The summed E-state index contributed by atoms with van der Waals surface area (Å²) in [7, 11) is -3.67. The summed E-state index contributed by atoms with van der Waals surface area (Å²) >= 11 is 0. The Morgan fingerprint density at radius 2 is 1.73 bits per heavy atom. The van der Waals surface area contributed by atoms with Crippen molar-refractivity contribution in [1.82, 2.24) is 14.9 Å². The van der Waals surface area contributed by atoms with Crippen LogP contribution >= 0.6 is 0 Å². The number of nitrogens with zero attached hydrogens (tertiary/aromatic N) is 1. The Morgan fingerprint density at radius 3 is 2.39 bits per heavy atom. The number of piperidine rings is 1. The molecule has 3 N–H and O–H groups in total. The molecular formula is C23H30N4O5S. The average molecular weight is 475 g/mol. The number of sulfonamides is 1. The number of ether oxygens (including phenoxy) is 1. The number of rotatable bonds is 8. The van der Waals surface area contributed by atoms with Gasteiger partial charge in [-0.25, -0.2) is 13.2 Å². The number of urea groups is 1. The third kappa shape index (κ3) is 6.93. The lowest BCUT2D eigenvalue weighted by Gasteiger charge is -2.26. The first kappa shape index (κ1) is 24.5. The number of para-hydroxylation sites is 1. The lowest BCUT2D eigenvalue weighted by molar-refractivity contribution is -0.118. The summed E-state index contributed by atoms with van der Waals surface area (Å²) in [4.78, 5) is 24.1. The van der Waals surface area contributed by atoms with Gasteiger partial charge in [-0.1, -0.05) is 24.6 Å². The Kier molecular flexibility index (Phi) is 8.29. The zero-order chi connectivity index (χ0) is 23.8. The lowest BCUT2D eigenvalue weighted by Crippen LogP contribution is -2.44. The van der Waals surface area contributed by atoms with Gasteiger partial charge in [-0.05, 0) is 57.0 Å². The number of carbonyl (C=O) groups is 2. The fourth-order valence-electron chi connectivity index (χ4n) is 3.41. The fraction of sp³-hybridized carbons (Fsp3) is 0.391. The van der Waals surface area contributed by atoms with Crippen LogP contribution in [0.5, 0.6) is 11.5 Å². The molecule has 178 valence electrons. The minimum Gasteiger partial charge on any atom is -0.455 e. The standard InChI is InChI=1S/C23H30N4O5S/c1-17(2)25-23(29)26-22(28)16-24-20-15-19(33(30,31)27-13-7-4-8-14-27)11-12-21(20)32-18-9-5-3-6-10-18/h3,5-6,9-12,15,17,24H,4,7-8,13-14,16H2,1-2H3,(H2,25,26,28,29). The zero-order valence-corrected chi connectivity index (χ0v) is 19.7. The molecule has 1 heterocycles. The summed E-state index contributed by atoms with van der Waals surface area (Å²) in [5, 5.41) is 7.71. The maximum Gasteiger partial charge on any atom is 0.321 e. The molecular weight excluding hydrogens is 444 g/mol. The van der Waals surface area contributed by atoms with Crippen LogP contribution in [0.2, 0.25) is 0 Å². The fourth-order valence-corrected chi connectivity index (χ4v) is 4.95. The second kappa shape index (κ2) is 11.2. The second-order valence-corrected chi connectivity index (χ2v) is 10.0. The van der Waals surface area contributed by atoms with E-state index >= 15 is 0 Å². The van der Waals surface area contributed by atoms with Crippen LogP contribution in [0.25, 0.3) is 0 Å². The highest BCUT2D eigenvalue weighted by Gasteiger charge is 2.27. The number of hydrogen-bond donors (Lipinski definition) is 3. The predicted molar refractivity (Wildman–Crippen MR) is 126 cm³/mol. The monoisotopic (exact) mass is 474 g/mol. The van der Waals surface area contributed by atoms with Gasteiger partial charge in [0.05, 0.1) is 17.1 Å². The third-order valence-electron chi connectivity index (χ3n) is 4.99. The third-order valence-corrected chi connectivity index (χ3v) is 6.88. The molecule has 0 spiro atoms. The molecule has 3 rings (SSSR count). The summed E-state index contributed by atoms with van der Waals surface area (Å²) in [6, 6.07) is 12.8. The summed E-state index contributed by atoms with van der Waals surface area (Å²) in [5.74, 6) is 0.356. The molecule has 2 aromatic rings. The zero-order valence-electron chi connectivity index (χ0n) is 18.8. The van der Waals surface area contributed by atoms with E-state index in [1.807, 2.05) is 18.2 Å².